The number of nitrogens with zero attached hydrogens (tertiary/aromatic N) is 1. The zero-order valence-electron chi connectivity index (χ0n) is 8.88. The second-order valence-electron chi connectivity index (χ2n) is 5.61. The van der Waals surface area contributed by atoms with E-state index in [1.165, 1.54) is 25.7 Å². The molecular formula is C11H18F2N2. The molecule has 0 bridgehead atoms. The summed E-state index contributed by atoms with van der Waals surface area (Å²) in [6.07, 6.45) is 2.93. The minimum Gasteiger partial charge on any atom is -0.311 e. The predicted molar refractivity (Wildman–Crippen MR) is 54.1 cm³/mol. The van der Waals surface area contributed by atoms with E-state index in [1.54, 1.807) is 0 Å². The number of nitrogens with one attached hydrogen (secondary N) is 1. The Morgan fingerprint density at radius 2 is 1.87 bits per heavy atom. The van der Waals surface area contributed by atoms with Gasteiger partial charge in [0, 0.05) is 25.2 Å². The Morgan fingerprint density at radius 3 is 2.40 bits per heavy atom. The summed E-state index contributed by atoms with van der Waals surface area (Å²) < 4.78 is 24.2. The average Bonchev–Trinajstić information content (AvgIpc) is 2.79. The lowest BCUT2D eigenvalue weighted by Crippen LogP contribution is -2.66. The molecule has 0 atom stereocenters. The van der Waals surface area contributed by atoms with E-state index < -0.39 is 6.43 Å². The largest absolute Gasteiger partial charge is 0.311 e. The second-order valence-corrected chi connectivity index (χ2v) is 5.61. The summed E-state index contributed by atoms with van der Waals surface area (Å²) in [5.74, 6) is 0. The van der Waals surface area contributed by atoms with Gasteiger partial charge in [0.05, 0.1) is 6.54 Å². The van der Waals surface area contributed by atoms with E-state index in [4.69, 9.17) is 0 Å². The van der Waals surface area contributed by atoms with Crippen LogP contribution in [0.15, 0.2) is 0 Å². The van der Waals surface area contributed by atoms with Crippen LogP contribution in [0.3, 0.4) is 0 Å². The highest BCUT2D eigenvalue weighted by Gasteiger charge is 2.52. The molecule has 1 spiro atoms. The van der Waals surface area contributed by atoms with Gasteiger partial charge in [0.15, 0.2) is 0 Å². The van der Waals surface area contributed by atoms with Crippen molar-refractivity contribution in [3.05, 3.63) is 0 Å². The van der Waals surface area contributed by atoms with Crippen LogP contribution in [0.2, 0.25) is 0 Å². The average molecular weight is 216 g/mol. The smallest absolute Gasteiger partial charge is 0.251 e. The van der Waals surface area contributed by atoms with Crippen LogP contribution in [0, 0.1) is 5.41 Å². The van der Waals surface area contributed by atoms with Crippen LogP contribution in [0.5, 0.6) is 0 Å². The molecule has 1 N–H and O–H groups in total. The first-order chi connectivity index (χ1) is 7.15. The third-order valence-electron chi connectivity index (χ3n) is 3.92. The molecule has 1 heterocycles. The third kappa shape index (κ3) is 2.02. The summed E-state index contributed by atoms with van der Waals surface area (Å²) in [5, 5.41) is 3.60. The molecule has 2 saturated carbocycles. The van der Waals surface area contributed by atoms with Crippen LogP contribution in [0.25, 0.3) is 0 Å². The van der Waals surface area contributed by atoms with Crippen LogP contribution < -0.4 is 5.32 Å². The molecule has 0 amide bonds. The normalized spacial score (nSPS) is 30.6. The molecule has 15 heavy (non-hydrogen) atoms. The summed E-state index contributed by atoms with van der Waals surface area (Å²) in [5.41, 5.74) is 0.418. The Bertz CT molecular complexity index is 219. The molecule has 0 aromatic rings. The van der Waals surface area contributed by atoms with E-state index in [2.05, 4.69) is 5.32 Å². The van der Waals surface area contributed by atoms with Crippen molar-refractivity contribution in [1.82, 2.24) is 10.2 Å². The first-order valence-electron chi connectivity index (χ1n) is 5.92. The molecule has 4 heteroatoms. The molecule has 0 aromatic heterocycles. The monoisotopic (exact) mass is 216 g/mol. The van der Waals surface area contributed by atoms with Crippen molar-refractivity contribution in [3.8, 4) is 0 Å². The van der Waals surface area contributed by atoms with Crippen molar-refractivity contribution in [2.24, 2.45) is 5.41 Å². The van der Waals surface area contributed by atoms with E-state index in [0.717, 1.165) is 19.1 Å². The van der Waals surface area contributed by atoms with Crippen LogP contribution in [0.1, 0.15) is 25.7 Å². The minimum atomic E-state index is -2.16. The number of alkyl halides is 2. The van der Waals surface area contributed by atoms with E-state index >= 15 is 0 Å². The number of hydrogen-bond donors (Lipinski definition) is 1. The lowest BCUT2D eigenvalue weighted by molar-refractivity contribution is -0.0963. The van der Waals surface area contributed by atoms with E-state index in [0.29, 0.717) is 11.5 Å². The van der Waals surface area contributed by atoms with Gasteiger partial charge in [0.25, 0.3) is 6.43 Å². The third-order valence-corrected chi connectivity index (χ3v) is 3.92. The maximum Gasteiger partial charge on any atom is 0.251 e. The summed E-state index contributed by atoms with van der Waals surface area (Å²) in [4.78, 5) is 1.89. The number of halogens is 2. The molecule has 0 radical (unpaired) electrons. The second kappa shape index (κ2) is 3.39. The summed E-state index contributed by atoms with van der Waals surface area (Å²) in [7, 11) is 0. The maximum absolute atomic E-state index is 12.1. The van der Waals surface area contributed by atoms with Crippen LogP contribution >= 0.6 is 0 Å². The zero-order chi connectivity index (χ0) is 10.5. The Labute approximate surface area is 89.0 Å². The lowest BCUT2D eigenvalue weighted by atomic mass is 9.60. The van der Waals surface area contributed by atoms with E-state index in [9.17, 15) is 8.78 Å². The van der Waals surface area contributed by atoms with Gasteiger partial charge in [0.2, 0.25) is 0 Å². The van der Waals surface area contributed by atoms with Crippen molar-refractivity contribution in [1.29, 1.82) is 0 Å². The quantitative estimate of drug-likeness (QED) is 0.765. The SMILES string of the molecule is FC(F)CN1CC2(CC(NC3CC3)C2)C1. The Balaban J connectivity index is 1.36. The highest BCUT2D eigenvalue weighted by atomic mass is 19.3. The van der Waals surface area contributed by atoms with E-state index in [1.807, 2.05) is 4.90 Å². The molecule has 0 unspecified atom stereocenters. The molecule has 1 saturated heterocycles. The number of likely N-dealkylation sites (tertiary alicyclic amines) is 1. The van der Waals surface area contributed by atoms with Gasteiger partial charge in [-0.2, -0.15) is 0 Å². The molecule has 3 aliphatic rings. The number of rotatable bonds is 4. The van der Waals surface area contributed by atoms with E-state index in [-0.39, 0.29) is 6.54 Å². The predicted octanol–water partition coefficient (Wildman–Crippen LogP) is 1.47. The van der Waals surface area contributed by atoms with Crippen LogP contribution in [0.4, 0.5) is 8.78 Å². The molecule has 1 aliphatic heterocycles. The Morgan fingerprint density at radius 1 is 1.20 bits per heavy atom. The molecule has 3 fully saturated rings. The molecule has 2 nitrogen and oxygen atoms in total. The standard InChI is InChI=1S/C11H18F2N2/c12-10(13)5-15-6-11(7-15)3-9(4-11)14-8-1-2-8/h8-10,14H,1-7H2. The molecule has 2 aliphatic carbocycles. The zero-order valence-corrected chi connectivity index (χ0v) is 8.88. The van der Waals surface area contributed by atoms with Gasteiger partial charge >= 0.3 is 0 Å². The Hall–Kier alpha value is -0.220. The van der Waals surface area contributed by atoms with Gasteiger partial charge in [-0.25, -0.2) is 8.78 Å². The highest BCUT2D eigenvalue weighted by Crippen LogP contribution is 2.49. The van der Waals surface area contributed by atoms with Gasteiger partial charge in [-0.15, -0.1) is 0 Å². The van der Waals surface area contributed by atoms with Gasteiger partial charge in [-0.05, 0) is 31.1 Å². The van der Waals surface area contributed by atoms with Crippen LogP contribution in [-0.2, 0) is 0 Å². The van der Waals surface area contributed by atoms with Crippen molar-refractivity contribution < 1.29 is 8.78 Å². The molecule has 0 aromatic carbocycles. The van der Waals surface area contributed by atoms with Crippen molar-refractivity contribution >= 4 is 0 Å². The van der Waals surface area contributed by atoms with Crippen LogP contribution in [-0.4, -0.2) is 43.0 Å². The van der Waals surface area contributed by atoms with Crippen molar-refractivity contribution in [2.45, 2.75) is 44.2 Å². The molecule has 3 rings (SSSR count). The molecule has 86 valence electrons. The van der Waals surface area contributed by atoms with Crippen molar-refractivity contribution in [3.63, 3.8) is 0 Å². The molecular weight excluding hydrogens is 198 g/mol. The first-order valence-corrected chi connectivity index (χ1v) is 5.92. The summed E-state index contributed by atoms with van der Waals surface area (Å²) >= 11 is 0. The maximum atomic E-state index is 12.1. The first kappa shape index (κ1) is 9.97. The fraction of sp³-hybridized carbons (Fsp3) is 1.00. The van der Waals surface area contributed by atoms with Crippen molar-refractivity contribution in [2.75, 3.05) is 19.6 Å². The topological polar surface area (TPSA) is 15.3 Å². The highest BCUT2D eigenvalue weighted by molar-refractivity contribution is 5.08. The van der Waals surface area contributed by atoms with Gasteiger partial charge < -0.3 is 5.32 Å². The summed E-state index contributed by atoms with van der Waals surface area (Å²) in [6.45, 7) is 1.78. The lowest BCUT2D eigenvalue weighted by Gasteiger charge is -2.59. The minimum absolute atomic E-state index is 0.0253. The fourth-order valence-corrected chi connectivity index (χ4v) is 3.17. The van der Waals surface area contributed by atoms with Gasteiger partial charge in [0.1, 0.15) is 0 Å². The number of hydrogen-bond acceptors (Lipinski definition) is 2. The fourth-order valence-electron chi connectivity index (χ4n) is 3.17. The Kier molecular flexibility index (Phi) is 2.25. The summed E-state index contributed by atoms with van der Waals surface area (Å²) in [6, 6.07) is 1.47. The van der Waals surface area contributed by atoms with Gasteiger partial charge in [-0.1, -0.05) is 0 Å². The van der Waals surface area contributed by atoms with Gasteiger partial charge in [-0.3, -0.25) is 4.90 Å².